The number of carbonyl (C=O) groups excluding carboxylic acids is 1. The van der Waals surface area contributed by atoms with Crippen molar-refractivity contribution in [1.82, 2.24) is 5.32 Å². The van der Waals surface area contributed by atoms with Crippen LogP contribution in [0.2, 0.25) is 0 Å². The van der Waals surface area contributed by atoms with Crippen molar-refractivity contribution in [1.29, 1.82) is 0 Å². The average Bonchev–Trinajstić information content (AvgIpc) is 2.28. The van der Waals surface area contributed by atoms with Crippen molar-refractivity contribution in [3.63, 3.8) is 0 Å². The number of nitrogens with one attached hydrogen (secondary N) is 1. The molecule has 0 aliphatic carbocycles. The molecule has 0 heterocycles. The van der Waals surface area contributed by atoms with Gasteiger partial charge in [0.15, 0.2) is 0 Å². The molecule has 2 unspecified atom stereocenters. The standard InChI is InChI=1S/C13H20N2O/c1-4-10(3)12(14)15-13(16)11-7-5-9(2)6-8-11/h5-8,10,12H,4,14H2,1-3H3,(H,15,16). The highest BCUT2D eigenvalue weighted by molar-refractivity contribution is 5.94. The SMILES string of the molecule is CCC(C)C(N)NC(=O)c1ccc(C)cc1. The Hall–Kier alpha value is -1.35. The van der Waals surface area contributed by atoms with Crippen LogP contribution in [-0.2, 0) is 0 Å². The number of hydrogen-bond donors (Lipinski definition) is 2. The molecule has 1 amide bonds. The van der Waals surface area contributed by atoms with Gasteiger partial charge in [0.2, 0.25) is 0 Å². The van der Waals surface area contributed by atoms with E-state index < -0.39 is 0 Å². The lowest BCUT2D eigenvalue weighted by Crippen LogP contribution is -2.45. The molecule has 88 valence electrons. The van der Waals surface area contributed by atoms with Crippen molar-refractivity contribution in [3.8, 4) is 0 Å². The summed E-state index contributed by atoms with van der Waals surface area (Å²) in [6, 6.07) is 7.47. The molecule has 1 aromatic carbocycles. The molecule has 0 aliphatic rings. The molecule has 0 fully saturated rings. The van der Waals surface area contributed by atoms with Crippen molar-refractivity contribution in [2.24, 2.45) is 11.7 Å². The van der Waals surface area contributed by atoms with Gasteiger partial charge < -0.3 is 11.1 Å². The predicted octanol–water partition coefficient (Wildman–Crippen LogP) is 2.06. The van der Waals surface area contributed by atoms with Crippen LogP contribution in [0, 0.1) is 12.8 Å². The van der Waals surface area contributed by atoms with Crippen LogP contribution in [0.1, 0.15) is 36.2 Å². The first-order valence-electron chi connectivity index (χ1n) is 5.67. The van der Waals surface area contributed by atoms with Crippen molar-refractivity contribution < 1.29 is 4.79 Å². The smallest absolute Gasteiger partial charge is 0.252 e. The Balaban J connectivity index is 2.62. The van der Waals surface area contributed by atoms with E-state index in [1.807, 2.05) is 38.1 Å². The van der Waals surface area contributed by atoms with E-state index in [0.29, 0.717) is 5.56 Å². The Labute approximate surface area is 97.0 Å². The first-order valence-corrected chi connectivity index (χ1v) is 5.67. The van der Waals surface area contributed by atoms with E-state index in [1.165, 1.54) is 0 Å². The second kappa shape index (κ2) is 5.66. The van der Waals surface area contributed by atoms with Gasteiger partial charge in [-0.1, -0.05) is 38.0 Å². The summed E-state index contributed by atoms with van der Waals surface area (Å²) in [5.74, 6) is 0.183. The van der Waals surface area contributed by atoms with Crippen LogP contribution in [-0.4, -0.2) is 12.1 Å². The zero-order valence-electron chi connectivity index (χ0n) is 10.2. The molecule has 1 rings (SSSR count). The highest BCUT2D eigenvalue weighted by Gasteiger charge is 2.14. The second-order valence-corrected chi connectivity index (χ2v) is 4.25. The lowest BCUT2D eigenvalue weighted by atomic mass is 10.1. The molecule has 3 N–H and O–H groups in total. The summed E-state index contributed by atoms with van der Waals surface area (Å²) in [7, 11) is 0. The topological polar surface area (TPSA) is 55.1 Å². The molecule has 0 aliphatic heterocycles. The van der Waals surface area contributed by atoms with Crippen LogP contribution < -0.4 is 11.1 Å². The molecule has 3 heteroatoms. The third kappa shape index (κ3) is 3.35. The molecule has 2 atom stereocenters. The number of amides is 1. The maximum Gasteiger partial charge on any atom is 0.252 e. The Bertz CT molecular complexity index is 345. The Morgan fingerprint density at radius 3 is 2.44 bits per heavy atom. The van der Waals surface area contributed by atoms with Gasteiger partial charge in [-0.3, -0.25) is 4.79 Å². The van der Waals surface area contributed by atoms with E-state index in [1.54, 1.807) is 0 Å². The van der Waals surface area contributed by atoms with E-state index in [9.17, 15) is 4.79 Å². The van der Waals surface area contributed by atoms with Gasteiger partial charge in [0.25, 0.3) is 5.91 Å². The fraction of sp³-hybridized carbons (Fsp3) is 0.462. The third-order valence-corrected chi connectivity index (χ3v) is 2.87. The number of hydrogen-bond acceptors (Lipinski definition) is 2. The third-order valence-electron chi connectivity index (χ3n) is 2.87. The minimum atomic E-state index is -0.279. The molecule has 0 radical (unpaired) electrons. The largest absolute Gasteiger partial charge is 0.337 e. The van der Waals surface area contributed by atoms with Gasteiger partial charge in [0, 0.05) is 5.56 Å². The minimum absolute atomic E-state index is 0.104. The van der Waals surface area contributed by atoms with Gasteiger partial charge in [0.05, 0.1) is 6.17 Å². The summed E-state index contributed by atoms with van der Waals surface area (Å²) >= 11 is 0. The summed E-state index contributed by atoms with van der Waals surface area (Å²) in [4.78, 5) is 11.8. The summed E-state index contributed by atoms with van der Waals surface area (Å²) in [5.41, 5.74) is 7.66. The van der Waals surface area contributed by atoms with Gasteiger partial charge in [-0.05, 0) is 25.0 Å². The maximum absolute atomic E-state index is 11.8. The van der Waals surface area contributed by atoms with Crippen LogP contribution in [0.25, 0.3) is 0 Å². The van der Waals surface area contributed by atoms with E-state index in [0.717, 1.165) is 12.0 Å². The summed E-state index contributed by atoms with van der Waals surface area (Å²) in [6.07, 6.45) is 0.675. The monoisotopic (exact) mass is 220 g/mol. The zero-order valence-corrected chi connectivity index (χ0v) is 10.2. The molecule has 16 heavy (non-hydrogen) atoms. The fourth-order valence-electron chi connectivity index (χ4n) is 1.34. The zero-order chi connectivity index (χ0) is 12.1. The lowest BCUT2D eigenvalue weighted by Gasteiger charge is -2.19. The summed E-state index contributed by atoms with van der Waals surface area (Å²) in [5, 5.41) is 2.81. The quantitative estimate of drug-likeness (QED) is 0.763. The van der Waals surface area contributed by atoms with Crippen molar-refractivity contribution in [2.45, 2.75) is 33.4 Å². The first-order chi connectivity index (χ1) is 7.54. The molecule has 0 saturated heterocycles. The maximum atomic E-state index is 11.8. The van der Waals surface area contributed by atoms with Crippen LogP contribution in [0.3, 0.4) is 0 Å². The van der Waals surface area contributed by atoms with E-state index in [2.05, 4.69) is 12.2 Å². The number of aryl methyl sites for hydroxylation is 1. The lowest BCUT2D eigenvalue weighted by molar-refractivity contribution is 0.0925. The molecule has 0 bridgehead atoms. The molecule has 0 spiro atoms. The molecular formula is C13H20N2O. The van der Waals surface area contributed by atoms with Crippen LogP contribution in [0.4, 0.5) is 0 Å². The Morgan fingerprint density at radius 2 is 1.94 bits per heavy atom. The highest BCUT2D eigenvalue weighted by Crippen LogP contribution is 2.06. The van der Waals surface area contributed by atoms with Crippen LogP contribution in [0.5, 0.6) is 0 Å². The van der Waals surface area contributed by atoms with Gasteiger partial charge in [-0.15, -0.1) is 0 Å². The summed E-state index contributed by atoms with van der Waals surface area (Å²) < 4.78 is 0. The van der Waals surface area contributed by atoms with Gasteiger partial charge >= 0.3 is 0 Å². The average molecular weight is 220 g/mol. The highest BCUT2D eigenvalue weighted by atomic mass is 16.1. The molecule has 0 saturated carbocycles. The fourth-order valence-corrected chi connectivity index (χ4v) is 1.34. The Kier molecular flexibility index (Phi) is 4.50. The number of carbonyl (C=O) groups is 1. The Morgan fingerprint density at radius 1 is 1.38 bits per heavy atom. The van der Waals surface area contributed by atoms with Crippen LogP contribution >= 0.6 is 0 Å². The number of rotatable bonds is 4. The number of nitrogens with two attached hydrogens (primary N) is 1. The van der Waals surface area contributed by atoms with Crippen molar-refractivity contribution in [2.75, 3.05) is 0 Å². The summed E-state index contributed by atoms with van der Waals surface area (Å²) in [6.45, 7) is 6.08. The van der Waals surface area contributed by atoms with E-state index in [-0.39, 0.29) is 18.0 Å². The minimum Gasteiger partial charge on any atom is -0.337 e. The molecule has 3 nitrogen and oxygen atoms in total. The molecular weight excluding hydrogens is 200 g/mol. The van der Waals surface area contributed by atoms with Crippen LogP contribution in [0.15, 0.2) is 24.3 Å². The molecule has 1 aromatic rings. The van der Waals surface area contributed by atoms with E-state index >= 15 is 0 Å². The van der Waals surface area contributed by atoms with E-state index in [4.69, 9.17) is 5.73 Å². The van der Waals surface area contributed by atoms with Crippen molar-refractivity contribution in [3.05, 3.63) is 35.4 Å². The molecule has 0 aromatic heterocycles. The normalized spacial score (nSPS) is 14.2. The first kappa shape index (κ1) is 12.7. The predicted molar refractivity (Wildman–Crippen MR) is 66.1 cm³/mol. The van der Waals surface area contributed by atoms with Crippen molar-refractivity contribution >= 4 is 5.91 Å². The second-order valence-electron chi connectivity index (χ2n) is 4.25. The number of benzene rings is 1. The van der Waals surface area contributed by atoms with Gasteiger partial charge in [-0.2, -0.15) is 0 Å². The van der Waals surface area contributed by atoms with Gasteiger partial charge in [0.1, 0.15) is 0 Å². The van der Waals surface area contributed by atoms with Gasteiger partial charge in [-0.25, -0.2) is 0 Å².